The Morgan fingerprint density at radius 2 is 2.18 bits per heavy atom. The third-order valence-electron chi connectivity index (χ3n) is 5.58. The Kier molecular flexibility index (Phi) is 6.79. The SMILES string of the molecule is Cc1cc([C@@H](C)Nc2ccc(Cl)nc2C(=O)O)c2nc(N3CCO[C@@H](CO)C3)c(C#N)nc2c1. The van der Waals surface area contributed by atoms with Gasteiger partial charge in [0.05, 0.1) is 42.1 Å². The number of fused-ring (bicyclic) bond motifs is 1. The highest BCUT2D eigenvalue weighted by molar-refractivity contribution is 6.29. The number of anilines is 2. The third-order valence-corrected chi connectivity index (χ3v) is 5.79. The lowest BCUT2D eigenvalue weighted by atomic mass is 10.0. The van der Waals surface area contributed by atoms with Crippen molar-refractivity contribution < 1.29 is 19.7 Å². The number of hydrogen-bond donors (Lipinski definition) is 3. The van der Waals surface area contributed by atoms with Crippen molar-refractivity contribution in [1.82, 2.24) is 15.0 Å². The van der Waals surface area contributed by atoms with E-state index >= 15 is 0 Å². The van der Waals surface area contributed by atoms with Gasteiger partial charge in [0, 0.05) is 18.7 Å². The lowest BCUT2D eigenvalue weighted by molar-refractivity contribution is 0.00335. The Morgan fingerprint density at radius 3 is 2.88 bits per heavy atom. The first-order valence-electron chi connectivity index (χ1n) is 10.7. The van der Waals surface area contributed by atoms with Gasteiger partial charge in [0.1, 0.15) is 11.2 Å². The van der Waals surface area contributed by atoms with Gasteiger partial charge < -0.3 is 25.2 Å². The fraction of sp³-hybridized carbons (Fsp3) is 0.348. The van der Waals surface area contributed by atoms with E-state index < -0.39 is 5.97 Å². The summed E-state index contributed by atoms with van der Waals surface area (Å²) in [5.41, 5.74) is 3.18. The van der Waals surface area contributed by atoms with E-state index in [1.165, 1.54) is 6.07 Å². The topological polar surface area (TPSA) is 144 Å². The maximum atomic E-state index is 11.7. The lowest BCUT2D eigenvalue weighted by Crippen LogP contribution is -2.44. The molecule has 1 fully saturated rings. The van der Waals surface area contributed by atoms with E-state index in [1.54, 1.807) is 6.07 Å². The number of carbonyl (C=O) groups is 1. The van der Waals surface area contributed by atoms with Crippen LogP contribution in [0.4, 0.5) is 11.5 Å². The van der Waals surface area contributed by atoms with Crippen LogP contribution >= 0.6 is 11.6 Å². The Labute approximate surface area is 200 Å². The average molecular weight is 483 g/mol. The molecule has 2 atom stereocenters. The Morgan fingerprint density at radius 1 is 1.38 bits per heavy atom. The van der Waals surface area contributed by atoms with E-state index in [2.05, 4.69) is 21.4 Å². The average Bonchev–Trinajstić information content (AvgIpc) is 2.83. The molecule has 0 unspecified atom stereocenters. The minimum Gasteiger partial charge on any atom is -0.476 e. The zero-order valence-electron chi connectivity index (χ0n) is 18.6. The molecule has 4 rings (SSSR count). The molecule has 34 heavy (non-hydrogen) atoms. The van der Waals surface area contributed by atoms with Gasteiger partial charge in [0.25, 0.3) is 0 Å². The molecule has 1 aliphatic rings. The summed E-state index contributed by atoms with van der Waals surface area (Å²) in [5, 5.41) is 32.0. The Balaban J connectivity index is 1.78. The van der Waals surface area contributed by atoms with Crippen molar-refractivity contribution in [3.05, 3.63) is 51.9 Å². The van der Waals surface area contributed by atoms with Crippen LogP contribution in [0.3, 0.4) is 0 Å². The maximum absolute atomic E-state index is 11.7. The molecule has 3 N–H and O–H groups in total. The van der Waals surface area contributed by atoms with Crippen LogP contribution in [-0.2, 0) is 4.74 Å². The Hall–Kier alpha value is -3.52. The van der Waals surface area contributed by atoms with E-state index in [-0.39, 0.29) is 35.3 Å². The van der Waals surface area contributed by atoms with Crippen LogP contribution in [0.2, 0.25) is 5.15 Å². The van der Waals surface area contributed by atoms with Gasteiger partial charge in [-0.3, -0.25) is 0 Å². The second-order valence-corrected chi connectivity index (χ2v) is 8.44. The van der Waals surface area contributed by atoms with E-state index in [9.17, 15) is 20.3 Å². The van der Waals surface area contributed by atoms with Crippen molar-refractivity contribution >= 4 is 40.1 Å². The summed E-state index contributed by atoms with van der Waals surface area (Å²) in [7, 11) is 0. The number of nitrogens with one attached hydrogen (secondary N) is 1. The molecule has 1 aromatic carbocycles. The molecule has 0 amide bonds. The van der Waals surface area contributed by atoms with Crippen LogP contribution in [0.15, 0.2) is 24.3 Å². The fourth-order valence-corrected chi connectivity index (χ4v) is 4.14. The van der Waals surface area contributed by atoms with Crippen LogP contribution in [0.1, 0.15) is 40.3 Å². The molecule has 0 bridgehead atoms. The number of aromatic nitrogens is 3. The van der Waals surface area contributed by atoms with Crippen molar-refractivity contribution in [1.29, 1.82) is 5.26 Å². The largest absolute Gasteiger partial charge is 0.476 e. The van der Waals surface area contributed by atoms with E-state index in [0.29, 0.717) is 42.2 Å². The van der Waals surface area contributed by atoms with Gasteiger partial charge in [-0.15, -0.1) is 0 Å². The highest BCUT2D eigenvalue weighted by atomic mass is 35.5. The Bertz CT molecular complexity index is 1290. The van der Waals surface area contributed by atoms with Crippen LogP contribution in [0.5, 0.6) is 0 Å². The van der Waals surface area contributed by atoms with Crippen molar-refractivity contribution in [2.24, 2.45) is 0 Å². The summed E-state index contributed by atoms with van der Waals surface area (Å²) >= 11 is 5.88. The number of aliphatic hydroxyl groups excluding tert-OH is 1. The number of aryl methyl sites for hydroxylation is 1. The molecular formula is C23H23ClN6O4. The minimum atomic E-state index is -1.20. The van der Waals surface area contributed by atoms with Gasteiger partial charge in [0.15, 0.2) is 17.2 Å². The molecule has 11 heteroatoms. The number of nitriles is 1. The summed E-state index contributed by atoms with van der Waals surface area (Å²) in [4.78, 5) is 26.8. The molecule has 1 saturated heterocycles. The second-order valence-electron chi connectivity index (χ2n) is 8.05. The van der Waals surface area contributed by atoms with Gasteiger partial charge in [0.2, 0.25) is 0 Å². The van der Waals surface area contributed by atoms with Crippen molar-refractivity contribution in [2.75, 3.05) is 36.5 Å². The number of halogens is 1. The number of pyridine rings is 1. The molecule has 10 nitrogen and oxygen atoms in total. The van der Waals surface area contributed by atoms with Crippen LogP contribution in [-0.4, -0.2) is 63.5 Å². The predicted octanol–water partition coefficient (Wildman–Crippen LogP) is 2.93. The van der Waals surface area contributed by atoms with Crippen LogP contribution in [0.25, 0.3) is 11.0 Å². The molecule has 1 aliphatic heterocycles. The fourth-order valence-electron chi connectivity index (χ4n) is 4.00. The smallest absolute Gasteiger partial charge is 0.356 e. The monoisotopic (exact) mass is 482 g/mol. The summed E-state index contributed by atoms with van der Waals surface area (Å²) in [6, 6.07) is 8.65. The van der Waals surface area contributed by atoms with Gasteiger partial charge >= 0.3 is 5.97 Å². The number of aliphatic hydroxyl groups is 1. The number of rotatable bonds is 6. The number of carboxylic acids is 1. The summed E-state index contributed by atoms with van der Waals surface area (Å²) < 4.78 is 5.53. The predicted molar refractivity (Wildman–Crippen MR) is 126 cm³/mol. The summed E-state index contributed by atoms with van der Waals surface area (Å²) in [5.74, 6) is -0.772. The normalized spacial score (nSPS) is 16.8. The number of hydrogen-bond acceptors (Lipinski definition) is 9. The first kappa shape index (κ1) is 23.6. The summed E-state index contributed by atoms with van der Waals surface area (Å²) in [6.45, 7) is 4.96. The molecule has 0 spiro atoms. The number of morpholine rings is 1. The third kappa shape index (κ3) is 4.72. The van der Waals surface area contributed by atoms with Gasteiger partial charge in [-0.25, -0.2) is 19.7 Å². The van der Waals surface area contributed by atoms with Crippen LogP contribution < -0.4 is 10.2 Å². The van der Waals surface area contributed by atoms with Gasteiger partial charge in [-0.05, 0) is 37.6 Å². The number of ether oxygens (including phenoxy) is 1. The molecule has 0 aliphatic carbocycles. The summed E-state index contributed by atoms with van der Waals surface area (Å²) in [6.07, 6.45) is -0.372. The number of aromatic carboxylic acids is 1. The highest BCUT2D eigenvalue weighted by Crippen LogP contribution is 2.31. The molecule has 0 saturated carbocycles. The van der Waals surface area contributed by atoms with E-state index in [0.717, 1.165) is 11.1 Å². The highest BCUT2D eigenvalue weighted by Gasteiger charge is 2.25. The van der Waals surface area contributed by atoms with Gasteiger partial charge in [-0.1, -0.05) is 17.7 Å². The number of benzene rings is 1. The molecule has 3 heterocycles. The first-order chi connectivity index (χ1) is 16.3. The molecule has 176 valence electrons. The van der Waals surface area contributed by atoms with E-state index in [1.807, 2.05) is 30.9 Å². The minimum absolute atomic E-state index is 0.0860. The maximum Gasteiger partial charge on any atom is 0.356 e. The second kappa shape index (κ2) is 9.77. The standard InChI is InChI=1S/C23H23ClN6O4/c1-12-7-15(13(2)26-16-3-4-19(24)28-21(16)23(32)33)20-17(8-12)27-18(9-25)22(29-20)30-5-6-34-14(10-30)11-31/h3-4,7-8,13-14,26,31H,5-6,10-11H2,1-2H3,(H,32,33)/t13-,14-/m1/s1. The van der Waals surface area contributed by atoms with Crippen molar-refractivity contribution in [2.45, 2.75) is 26.0 Å². The lowest BCUT2D eigenvalue weighted by Gasteiger charge is -2.33. The van der Waals surface area contributed by atoms with Crippen molar-refractivity contribution in [3.8, 4) is 6.07 Å². The van der Waals surface area contributed by atoms with Crippen molar-refractivity contribution in [3.63, 3.8) is 0 Å². The first-order valence-corrected chi connectivity index (χ1v) is 11.0. The van der Waals surface area contributed by atoms with Gasteiger partial charge in [-0.2, -0.15) is 5.26 Å². The van der Waals surface area contributed by atoms with E-state index in [4.69, 9.17) is 21.3 Å². The number of nitrogens with zero attached hydrogens (tertiary/aromatic N) is 5. The molecule has 0 radical (unpaired) electrons. The molecular weight excluding hydrogens is 460 g/mol. The zero-order valence-corrected chi connectivity index (χ0v) is 19.4. The quantitative estimate of drug-likeness (QED) is 0.448. The number of carboxylic acid groups (broad SMARTS) is 1. The molecule has 2 aromatic heterocycles. The molecule has 3 aromatic rings. The van der Waals surface area contributed by atoms with Crippen LogP contribution in [0, 0.1) is 18.3 Å². The zero-order chi connectivity index (χ0) is 24.4.